The zero-order valence-corrected chi connectivity index (χ0v) is 10.4. The number of carbonyl (C=O) groups excluding carboxylic acids is 1. The number of aliphatic hydroxyl groups is 1. The topological polar surface area (TPSA) is 89.7 Å². The van der Waals surface area contributed by atoms with E-state index in [9.17, 15) is 20.0 Å². The average Bonchev–Trinajstić information content (AvgIpc) is 2.36. The highest BCUT2D eigenvalue weighted by Crippen LogP contribution is 2.28. The first-order valence-electron chi connectivity index (χ1n) is 5.31. The lowest BCUT2D eigenvalue weighted by atomic mass is 9.91. The van der Waals surface area contributed by atoms with Gasteiger partial charge in [0.1, 0.15) is 6.10 Å². The number of nitrogens with zero attached hydrogens (tertiary/aromatic N) is 1. The van der Waals surface area contributed by atoms with E-state index in [1.165, 1.54) is 45.2 Å². The minimum Gasteiger partial charge on any atom is -0.465 e. The number of ether oxygens (including phenoxy) is 1. The number of hydrogen-bond acceptors (Lipinski definition) is 5. The standard InChI is InChI=1S/C12H15NO5/c1-12(2,13(16)17)10(14)8-4-6-9(7-5-8)11(15)18-3/h4-7,10,14H,1-3H3. The highest BCUT2D eigenvalue weighted by atomic mass is 16.6. The molecule has 0 radical (unpaired) electrons. The Balaban J connectivity index is 2.99. The molecular weight excluding hydrogens is 238 g/mol. The van der Waals surface area contributed by atoms with E-state index >= 15 is 0 Å². The Labute approximate surface area is 104 Å². The van der Waals surface area contributed by atoms with Crippen molar-refractivity contribution in [1.82, 2.24) is 0 Å². The molecule has 1 rings (SSSR count). The van der Waals surface area contributed by atoms with Gasteiger partial charge >= 0.3 is 5.97 Å². The first-order valence-corrected chi connectivity index (χ1v) is 5.31. The first-order chi connectivity index (χ1) is 8.30. The van der Waals surface area contributed by atoms with Gasteiger partial charge in [-0.25, -0.2) is 4.79 Å². The van der Waals surface area contributed by atoms with E-state index in [1.54, 1.807) is 0 Å². The zero-order chi connectivity index (χ0) is 13.9. The van der Waals surface area contributed by atoms with Gasteiger partial charge in [-0.05, 0) is 17.7 Å². The highest BCUT2D eigenvalue weighted by Gasteiger charge is 2.40. The van der Waals surface area contributed by atoms with Gasteiger partial charge in [-0.1, -0.05) is 12.1 Å². The fourth-order valence-corrected chi connectivity index (χ4v) is 1.43. The van der Waals surface area contributed by atoms with Crippen LogP contribution in [0.25, 0.3) is 0 Å². The van der Waals surface area contributed by atoms with Crippen LogP contribution >= 0.6 is 0 Å². The molecule has 0 heterocycles. The van der Waals surface area contributed by atoms with E-state index in [0.717, 1.165) is 0 Å². The van der Waals surface area contributed by atoms with Crippen molar-refractivity contribution in [2.45, 2.75) is 25.5 Å². The van der Waals surface area contributed by atoms with Crippen molar-refractivity contribution in [2.24, 2.45) is 0 Å². The summed E-state index contributed by atoms with van der Waals surface area (Å²) >= 11 is 0. The Morgan fingerprint density at radius 3 is 2.28 bits per heavy atom. The molecule has 1 aromatic rings. The molecule has 1 unspecified atom stereocenters. The van der Waals surface area contributed by atoms with E-state index < -0.39 is 22.5 Å². The number of esters is 1. The molecule has 0 amide bonds. The molecule has 0 aliphatic carbocycles. The van der Waals surface area contributed by atoms with Crippen molar-refractivity contribution < 1.29 is 19.6 Å². The third kappa shape index (κ3) is 2.65. The van der Waals surface area contributed by atoms with Crippen LogP contribution in [0, 0.1) is 10.1 Å². The third-order valence-electron chi connectivity index (χ3n) is 2.79. The molecule has 0 saturated carbocycles. The van der Waals surface area contributed by atoms with Gasteiger partial charge < -0.3 is 9.84 Å². The van der Waals surface area contributed by atoms with Crippen LogP contribution in [0.5, 0.6) is 0 Å². The molecule has 1 aromatic carbocycles. The van der Waals surface area contributed by atoms with Gasteiger partial charge in [0.05, 0.1) is 12.7 Å². The molecule has 1 N–H and O–H groups in total. The molecule has 0 aliphatic heterocycles. The van der Waals surface area contributed by atoms with Crippen molar-refractivity contribution in [1.29, 1.82) is 0 Å². The minimum absolute atomic E-state index is 0.326. The van der Waals surface area contributed by atoms with Gasteiger partial charge in [0.15, 0.2) is 0 Å². The fraction of sp³-hybridized carbons (Fsp3) is 0.417. The van der Waals surface area contributed by atoms with Crippen LogP contribution in [0.1, 0.15) is 35.9 Å². The van der Waals surface area contributed by atoms with Crippen LogP contribution in [-0.4, -0.2) is 28.6 Å². The Hall–Kier alpha value is -1.95. The summed E-state index contributed by atoms with van der Waals surface area (Å²) in [6.07, 6.45) is -1.25. The fourth-order valence-electron chi connectivity index (χ4n) is 1.43. The summed E-state index contributed by atoms with van der Waals surface area (Å²) in [5.41, 5.74) is -0.788. The minimum atomic E-state index is -1.49. The third-order valence-corrected chi connectivity index (χ3v) is 2.79. The van der Waals surface area contributed by atoms with E-state index in [1.807, 2.05) is 0 Å². The summed E-state index contributed by atoms with van der Waals surface area (Å²) < 4.78 is 4.53. The van der Waals surface area contributed by atoms with Crippen molar-refractivity contribution in [3.05, 3.63) is 45.5 Å². The summed E-state index contributed by atoms with van der Waals surface area (Å²) in [4.78, 5) is 21.5. The Morgan fingerprint density at radius 2 is 1.89 bits per heavy atom. The van der Waals surface area contributed by atoms with Gasteiger partial charge in [-0.2, -0.15) is 0 Å². The van der Waals surface area contributed by atoms with Crippen molar-refractivity contribution in [3.8, 4) is 0 Å². The van der Waals surface area contributed by atoms with Gasteiger partial charge in [-0.15, -0.1) is 0 Å². The number of rotatable bonds is 4. The maximum Gasteiger partial charge on any atom is 0.337 e. The van der Waals surface area contributed by atoms with Crippen molar-refractivity contribution in [2.75, 3.05) is 7.11 Å². The lowest BCUT2D eigenvalue weighted by molar-refractivity contribution is -0.575. The van der Waals surface area contributed by atoms with Gasteiger partial charge in [-0.3, -0.25) is 10.1 Å². The van der Waals surface area contributed by atoms with Crippen LogP contribution in [-0.2, 0) is 4.74 Å². The molecule has 98 valence electrons. The molecule has 0 saturated heterocycles. The summed E-state index contributed by atoms with van der Waals surface area (Å²) in [5.74, 6) is -0.496. The number of hydrogen-bond donors (Lipinski definition) is 1. The number of carbonyl (C=O) groups is 1. The van der Waals surface area contributed by atoms with Crippen LogP contribution in [0.2, 0.25) is 0 Å². The second kappa shape index (κ2) is 5.14. The SMILES string of the molecule is COC(=O)c1ccc(C(O)C(C)(C)[N+](=O)[O-])cc1. The maximum atomic E-state index is 11.2. The van der Waals surface area contributed by atoms with Crippen LogP contribution in [0.4, 0.5) is 0 Å². The second-order valence-electron chi connectivity index (χ2n) is 4.43. The van der Waals surface area contributed by atoms with Gasteiger partial charge in [0.25, 0.3) is 0 Å². The summed E-state index contributed by atoms with van der Waals surface area (Å²) in [7, 11) is 1.26. The summed E-state index contributed by atoms with van der Waals surface area (Å²) in [6, 6.07) is 5.87. The van der Waals surface area contributed by atoms with Gasteiger partial charge in [0, 0.05) is 18.8 Å². The number of benzene rings is 1. The van der Waals surface area contributed by atoms with Crippen LogP contribution in [0.3, 0.4) is 0 Å². The van der Waals surface area contributed by atoms with E-state index in [2.05, 4.69) is 4.74 Å². The smallest absolute Gasteiger partial charge is 0.337 e. The molecule has 6 heteroatoms. The number of aliphatic hydroxyl groups excluding tert-OH is 1. The molecule has 1 atom stereocenters. The molecule has 0 fully saturated rings. The van der Waals surface area contributed by atoms with E-state index in [-0.39, 0.29) is 0 Å². The molecule has 0 aromatic heterocycles. The monoisotopic (exact) mass is 253 g/mol. The molecule has 0 bridgehead atoms. The molecule has 18 heavy (non-hydrogen) atoms. The molecule has 0 spiro atoms. The second-order valence-corrected chi connectivity index (χ2v) is 4.43. The molecule has 6 nitrogen and oxygen atoms in total. The van der Waals surface area contributed by atoms with Crippen molar-refractivity contribution in [3.63, 3.8) is 0 Å². The Kier molecular flexibility index (Phi) is 4.03. The largest absolute Gasteiger partial charge is 0.465 e. The van der Waals surface area contributed by atoms with E-state index in [0.29, 0.717) is 11.1 Å². The summed E-state index contributed by atoms with van der Waals surface area (Å²) in [5, 5.41) is 20.8. The summed E-state index contributed by atoms with van der Waals surface area (Å²) in [6.45, 7) is 2.68. The average molecular weight is 253 g/mol. The maximum absolute atomic E-state index is 11.2. The quantitative estimate of drug-likeness (QED) is 0.499. The Bertz CT molecular complexity index is 452. The zero-order valence-electron chi connectivity index (χ0n) is 10.4. The predicted octanol–water partition coefficient (Wildman–Crippen LogP) is 1.56. The number of nitro groups is 1. The lowest BCUT2D eigenvalue weighted by Crippen LogP contribution is -2.38. The van der Waals surface area contributed by atoms with Crippen molar-refractivity contribution >= 4 is 5.97 Å². The number of methoxy groups -OCH3 is 1. The molecule has 0 aliphatic rings. The predicted molar refractivity (Wildman–Crippen MR) is 63.8 cm³/mol. The molecular formula is C12H15NO5. The highest BCUT2D eigenvalue weighted by molar-refractivity contribution is 5.89. The van der Waals surface area contributed by atoms with E-state index in [4.69, 9.17) is 0 Å². The Morgan fingerprint density at radius 1 is 1.39 bits per heavy atom. The lowest BCUT2D eigenvalue weighted by Gasteiger charge is -2.22. The first kappa shape index (κ1) is 14.1. The van der Waals surface area contributed by atoms with Crippen LogP contribution in [0.15, 0.2) is 24.3 Å². The van der Waals surface area contributed by atoms with Gasteiger partial charge in [0.2, 0.25) is 5.54 Å². The van der Waals surface area contributed by atoms with Crippen LogP contribution < -0.4 is 0 Å². The normalized spacial score (nSPS) is 12.9.